The topological polar surface area (TPSA) is 147 Å². The zero-order valence-electron chi connectivity index (χ0n) is 10.7. The zero-order valence-corrected chi connectivity index (χ0v) is 16.5. The molecular formula is C7H12Na2O8P2. The van der Waals surface area contributed by atoms with E-state index in [1.807, 2.05) is 0 Å². The summed E-state index contributed by atoms with van der Waals surface area (Å²) in [4.78, 5) is 49.5. The largest absolute Gasteiger partial charge is 1.00 e. The summed E-state index contributed by atoms with van der Waals surface area (Å²) in [7, 11) is -10.4. The molecule has 100 valence electrons. The quantitative estimate of drug-likeness (QED) is 0.382. The van der Waals surface area contributed by atoms with E-state index in [9.17, 15) is 23.7 Å². The van der Waals surface area contributed by atoms with E-state index in [4.69, 9.17) is 9.79 Å². The zero-order chi connectivity index (χ0) is 13.3. The third kappa shape index (κ3) is 7.54. The van der Waals surface area contributed by atoms with E-state index in [1.165, 1.54) is 0 Å². The number of rotatable bonds is 4. The Morgan fingerprint density at radius 3 is 1.89 bits per heavy atom. The molecule has 0 amide bonds. The fraction of sp³-hybridized carbons (Fsp3) is 0.857. The second kappa shape index (κ2) is 9.03. The molecule has 12 heteroatoms. The van der Waals surface area contributed by atoms with E-state index in [2.05, 4.69) is 4.74 Å². The average molecular weight is 332 g/mol. The van der Waals surface area contributed by atoms with Crippen LogP contribution in [0.2, 0.25) is 0 Å². The van der Waals surface area contributed by atoms with Gasteiger partial charge in [0.1, 0.15) is 0 Å². The third-order valence-corrected chi connectivity index (χ3v) is 4.32. The minimum absolute atomic E-state index is 0. The molecule has 0 heterocycles. The molecule has 1 rings (SSSR count). The van der Waals surface area contributed by atoms with Gasteiger partial charge in [0.25, 0.3) is 0 Å². The molecule has 1 aliphatic carbocycles. The van der Waals surface area contributed by atoms with Gasteiger partial charge in [-0.2, -0.15) is 0 Å². The minimum Gasteiger partial charge on any atom is -0.803 e. The molecule has 0 saturated heterocycles. The molecule has 8 nitrogen and oxygen atoms in total. The molecular weight excluding hydrogens is 320 g/mol. The molecule has 2 N–H and O–H groups in total. The maximum atomic E-state index is 11.1. The summed E-state index contributed by atoms with van der Waals surface area (Å²) in [6.07, 6.45) is 2.27. The molecule has 1 saturated carbocycles. The Kier molecular flexibility index (Phi) is 11.0. The SMILES string of the molecule is O=C(OC(C1CCCC1)P(=O)(O)O)P(=O)([O-])[O-].[Na+].[Na+]. The van der Waals surface area contributed by atoms with Crippen molar-refractivity contribution in [2.75, 3.05) is 0 Å². The Bertz CT molecular complexity index is 385. The molecule has 0 aromatic carbocycles. The van der Waals surface area contributed by atoms with Crippen LogP contribution in [0.15, 0.2) is 0 Å². The number of ether oxygens (including phenoxy) is 1. The monoisotopic (exact) mass is 332 g/mol. The van der Waals surface area contributed by atoms with Gasteiger partial charge in [-0.15, -0.1) is 0 Å². The average Bonchev–Trinajstić information content (AvgIpc) is 2.62. The second-order valence-electron chi connectivity index (χ2n) is 3.91. The molecule has 1 aliphatic rings. The van der Waals surface area contributed by atoms with Gasteiger partial charge in [0.2, 0.25) is 5.85 Å². The van der Waals surface area contributed by atoms with Crippen molar-refractivity contribution < 1.29 is 97.3 Å². The van der Waals surface area contributed by atoms with Gasteiger partial charge in [0, 0.05) is 13.5 Å². The van der Waals surface area contributed by atoms with E-state index >= 15 is 0 Å². The Balaban J connectivity index is 0. The molecule has 0 aromatic rings. The third-order valence-electron chi connectivity index (χ3n) is 2.58. The summed E-state index contributed by atoms with van der Waals surface area (Å²) in [6, 6.07) is 0. The van der Waals surface area contributed by atoms with Gasteiger partial charge < -0.3 is 28.9 Å². The molecule has 1 atom stereocenters. The van der Waals surface area contributed by atoms with Crippen molar-refractivity contribution in [3.8, 4) is 0 Å². The fourth-order valence-corrected chi connectivity index (χ4v) is 3.26. The van der Waals surface area contributed by atoms with E-state index in [-0.39, 0.29) is 59.1 Å². The Labute approximate surface area is 154 Å². The van der Waals surface area contributed by atoms with Gasteiger partial charge in [-0.25, -0.2) is 4.79 Å². The van der Waals surface area contributed by atoms with Crippen LogP contribution in [0.25, 0.3) is 0 Å². The van der Waals surface area contributed by atoms with Gasteiger partial charge in [0.05, 0.1) is 0 Å². The molecule has 0 spiro atoms. The normalized spacial score (nSPS) is 18.1. The first-order valence-electron chi connectivity index (χ1n) is 4.91. The van der Waals surface area contributed by atoms with Crippen LogP contribution < -0.4 is 68.9 Å². The molecule has 0 radical (unpaired) electrons. The van der Waals surface area contributed by atoms with E-state index < -0.39 is 32.7 Å². The number of hydrogen-bond donors (Lipinski definition) is 2. The summed E-state index contributed by atoms with van der Waals surface area (Å²) in [6.45, 7) is 0. The van der Waals surface area contributed by atoms with Crippen LogP contribution in [-0.2, 0) is 13.9 Å². The maximum Gasteiger partial charge on any atom is 1.00 e. The van der Waals surface area contributed by atoms with Crippen LogP contribution in [0.5, 0.6) is 0 Å². The molecule has 19 heavy (non-hydrogen) atoms. The number of carbonyl (C=O) groups is 1. The van der Waals surface area contributed by atoms with E-state index in [0.29, 0.717) is 25.7 Å². The standard InChI is InChI=1S/C7H14O8P2.2Na/c8-7(17(12,13)14)15-6(16(9,10)11)5-3-1-2-4-5;;/h5-6H,1-4H2,(H2,9,10,11)(H2,12,13,14);;/q;2*+1/p-2. The second-order valence-corrected chi connectivity index (χ2v) is 6.95. The summed E-state index contributed by atoms with van der Waals surface area (Å²) < 4.78 is 25.6. The van der Waals surface area contributed by atoms with Crippen LogP contribution in [0.4, 0.5) is 4.79 Å². The predicted molar refractivity (Wildman–Crippen MR) is 51.9 cm³/mol. The smallest absolute Gasteiger partial charge is 0.803 e. The fourth-order valence-electron chi connectivity index (χ4n) is 1.85. The Morgan fingerprint density at radius 1 is 1.16 bits per heavy atom. The number of hydrogen-bond acceptors (Lipinski definition) is 6. The summed E-state index contributed by atoms with van der Waals surface area (Å²) in [5.74, 6) is -2.44. The van der Waals surface area contributed by atoms with Crippen LogP contribution in [0.3, 0.4) is 0 Å². The molecule has 1 fully saturated rings. The molecule has 0 aliphatic heterocycles. The molecule has 0 aromatic heterocycles. The van der Waals surface area contributed by atoms with Crippen molar-refractivity contribution in [1.82, 2.24) is 0 Å². The maximum absolute atomic E-state index is 11.1. The van der Waals surface area contributed by atoms with Crippen molar-refractivity contribution in [2.24, 2.45) is 5.92 Å². The van der Waals surface area contributed by atoms with Gasteiger partial charge in [-0.1, -0.05) is 12.8 Å². The van der Waals surface area contributed by atoms with Crippen molar-refractivity contribution >= 4 is 20.9 Å². The van der Waals surface area contributed by atoms with Crippen LogP contribution in [0.1, 0.15) is 25.7 Å². The number of carbonyl (C=O) groups excluding carboxylic acids is 1. The summed E-state index contributed by atoms with van der Waals surface area (Å²) in [5.41, 5.74) is -2.11. The van der Waals surface area contributed by atoms with Gasteiger partial charge in [-0.05, 0) is 12.8 Å². The van der Waals surface area contributed by atoms with Gasteiger partial charge >= 0.3 is 72.4 Å². The van der Waals surface area contributed by atoms with E-state index in [1.54, 1.807) is 0 Å². The molecule has 1 unspecified atom stereocenters. The van der Waals surface area contributed by atoms with Crippen molar-refractivity contribution in [3.63, 3.8) is 0 Å². The predicted octanol–water partition coefficient (Wildman–Crippen LogP) is -6.26. The van der Waals surface area contributed by atoms with Gasteiger partial charge in [-0.3, -0.25) is 4.57 Å². The van der Waals surface area contributed by atoms with Crippen LogP contribution in [-0.4, -0.2) is 21.3 Å². The van der Waals surface area contributed by atoms with E-state index in [0.717, 1.165) is 0 Å². The van der Waals surface area contributed by atoms with Crippen molar-refractivity contribution in [2.45, 2.75) is 31.5 Å². The minimum atomic E-state index is -5.62. The van der Waals surface area contributed by atoms with Crippen LogP contribution in [0, 0.1) is 5.92 Å². The Morgan fingerprint density at radius 2 is 1.58 bits per heavy atom. The Hall–Kier alpha value is 1.77. The van der Waals surface area contributed by atoms with Crippen molar-refractivity contribution in [3.05, 3.63) is 0 Å². The van der Waals surface area contributed by atoms with Crippen molar-refractivity contribution in [1.29, 1.82) is 0 Å². The summed E-state index contributed by atoms with van der Waals surface area (Å²) in [5, 5.41) is 0. The first-order chi connectivity index (χ1) is 7.62. The van der Waals surface area contributed by atoms with Gasteiger partial charge in [0.15, 0.2) is 0 Å². The molecule has 0 bridgehead atoms. The first-order valence-corrected chi connectivity index (χ1v) is 8.13. The summed E-state index contributed by atoms with van der Waals surface area (Å²) >= 11 is 0. The van der Waals surface area contributed by atoms with Crippen LogP contribution >= 0.6 is 15.2 Å². The first kappa shape index (κ1) is 23.0.